The van der Waals surface area contributed by atoms with Crippen LogP contribution in [0.3, 0.4) is 0 Å². The van der Waals surface area contributed by atoms with E-state index in [1.807, 2.05) is 50.4 Å². The molecule has 0 unspecified atom stereocenters. The molecule has 0 saturated heterocycles. The van der Waals surface area contributed by atoms with Gasteiger partial charge in [-0.1, -0.05) is 47.7 Å². The first kappa shape index (κ1) is 19.7. The predicted octanol–water partition coefficient (Wildman–Crippen LogP) is 3.58. The number of ether oxygens (including phenoxy) is 2. The molecular formula is C23H21N3O4S. The number of hydrogen-bond donors (Lipinski definition) is 1. The molecule has 8 heteroatoms. The Hall–Kier alpha value is -3.26. The second-order valence-electron chi connectivity index (χ2n) is 7.72. The molecule has 3 heterocycles. The van der Waals surface area contributed by atoms with Crippen LogP contribution in [-0.4, -0.2) is 22.3 Å². The number of benzene rings is 2. The Bertz CT molecular complexity index is 1250. The van der Waals surface area contributed by atoms with Crippen LogP contribution in [0.2, 0.25) is 0 Å². The summed E-state index contributed by atoms with van der Waals surface area (Å²) in [5.74, 6) is 1.95. The van der Waals surface area contributed by atoms with Gasteiger partial charge in [0.1, 0.15) is 5.82 Å². The molecule has 1 atom stereocenters. The highest BCUT2D eigenvalue weighted by Gasteiger charge is 2.33. The van der Waals surface area contributed by atoms with E-state index in [4.69, 9.17) is 9.47 Å². The van der Waals surface area contributed by atoms with E-state index in [1.54, 1.807) is 4.57 Å². The second-order valence-corrected chi connectivity index (χ2v) is 8.66. The Kier molecular flexibility index (Phi) is 4.94. The van der Waals surface area contributed by atoms with Crippen LogP contribution in [0.1, 0.15) is 34.6 Å². The van der Waals surface area contributed by atoms with E-state index in [-0.39, 0.29) is 30.6 Å². The lowest BCUT2D eigenvalue weighted by Crippen LogP contribution is -2.33. The fourth-order valence-corrected chi connectivity index (χ4v) is 4.94. The summed E-state index contributed by atoms with van der Waals surface area (Å²) >= 11 is 1.47. The van der Waals surface area contributed by atoms with Gasteiger partial charge in [0.05, 0.1) is 5.56 Å². The highest BCUT2D eigenvalue weighted by Crippen LogP contribution is 2.40. The minimum atomic E-state index is -0.389. The van der Waals surface area contributed by atoms with E-state index in [2.05, 4.69) is 16.4 Å². The summed E-state index contributed by atoms with van der Waals surface area (Å²) in [6, 6.07) is 13.8. The molecule has 3 aromatic rings. The highest BCUT2D eigenvalue weighted by atomic mass is 32.2. The van der Waals surface area contributed by atoms with Crippen molar-refractivity contribution in [1.82, 2.24) is 9.55 Å². The molecule has 7 nitrogen and oxygen atoms in total. The Labute approximate surface area is 183 Å². The van der Waals surface area contributed by atoms with Gasteiger partial charge in [-0.3, -0.25) is 9.59 Å². The molecule has 0 aliphatic carbocycles. The second kappa shape index (κ2) is 7.77. The highest BCUT2D eigenvalue weighted by molar-refractivity contribution is 7.98. The fourth-order valence-electron chi connectivity index (χ4n) is 4.03. The normalized spacial score (nSPS) is 16.7. The minimum Gasteiger partial charge on any atom is -0.454 e. The molecule has 0 bridgehead atoms. The molecule has 2 aliphatic rings. The van der Waals surface area contributed by atoms with Crippen molar-refractivity contribution < 1.29 is 14.3 Å². The number of hydrogen-bond acceptors (Lipinski definition) is 6. The van der Waals surface area contributed by atoms with Crippen LogP contribution in [0.4, 0.5) is 5.82 Å². The third-order valence-corrected chi connectivity index (χ3v) is 6.65. The third-order valence-electron chi connectivity index (χ3n) is 5.55. The first-order valence-electron chi connectivity index (χ1n) is 9.98. The first-order valence-corrected chi connectivity index (χ1v) is 11.0. The van der Waals surface area contributed by atoms with E-state index in [0.717, 1.165) is 11.1 Å². The van der Waals surface area contributed by atoms with Gasteiger partial charge < -0.3 is 19.4 Å². The topological polar surface area (TPSA) is 82.5 Å². The maximum atomic E-state index is 13.1. The summed E-state index contributed by atoms with van der Waals surface area (Å²) in [5.41, 5.74) is 3.35. The predicted molar refractivity (Wildman–Crippen MR) is 118 cm³/mol. The van der Waals surface area contributed by atoms with Gasteiger partial charge in [-0.2, -0.15) is 4.98 Å². The number of carbonyl (C=O) groups excluding carboxylic acids is 1. The number of aryl methyl sites for hydroxylation is 1. The average Bonchev–Trinajstić information content (AvgIpc) is 3.22. The zero-order valence-corrected chi connectivity index (χ0v) is 18.0. The molecule has 0 saturated carbocycles. The number of nitrogens with one attached hydrogen (secondary N) is 1. The number of aromatic nitrogens is 2. The van der Waals surface area contributed by atoms with Gasteiger partial charge in [-0.25, -0.2) is 0 Å². The van der Waals surface area contributed by atoms with E-state index < -0.39 is 0 Å². The molecule has 0 spiro atoms. The smallest absolute Gasteiger partial charge is 0.279 e. The molecular weight excluding hydrogens is 414 g/mol. The summed E-state index contributed by atoms with van der Waals surface area (Å²) in [6.07, 6.45) is 0.180. The third kappa shape index (κ3) is 3.67. The number of amides is 1. The number of rotatable bonds is 4. The van der Waals surface area contributed by atoms with Gasteiger partial charge in [0.15, 0.2) is 16.7 Å². The van der Waals surface area contributed by atoms with Crippen LogP contribution in [0, 0.1) is 6.92 Å². The number of anilines is 1. The zero-order valence-electron chi connectivity index (χ0n) is 17.2. The van der Waals surface area contributed by atoms with Crippen LogP contribution in [0.25, 0.3) is 0 Å². The summed E-state index contributed by atoms with van der Waals surface area (Å²) < 4.78 is 12.7. The maximum absolute atomic E-state index is 13.1. The van der Waals surface area contributed by atoms with Crippen LogP contribution < -0.4 is 20.3 Å². The number of carbonyl (C=O) groups is 1. The van der Waals surface area contributed by atoms with Crippen molar-refractivity contribution >= 4 is 23.5 Å². The molecule has 2 aliphatic heterocycles. The number of thioether (sulfide) groups is 1. The first-order chi connectivity index (χ1) is 15.0. The monoisotopic (exact) mass is 435 g/mol. The molecule has 0 fully saturated rings. The molecule has 0 radical (unpaired) electrons. The largest absolute Gasteiger partial charge is 0.454 e. The fraction of sp³-hybridized carbons (Fsp3) is 0.261. The zero-order chi connectivity index (χ0) is 21.5. The van der Waals surface area contributed by atoms with Crippen LogP contribution in [0.5, 0.6) is 11.5 Å². The van der Waals surface area contributed by atoms with Crippen molar-refractivity contribution in [3.8, 4) is 11.5 Å². The lowest BCUT2D eigenvalue weighted by molar-refractivity contribution is -0.116. The minimum absolute atomic E-state index is 0.133. The summed E-state index contributed by atoms with van der Waals surface area (Å²) in [7, 11) is 1.83. The SMILES string of the molecule is Cc1cccc(CSc2nc(=O)c3c(n2C)NC(=O)C[C@H]3c2ccc3c(c2)OCO3)c1. The molecule has 5 rings (SSSR count). The van der Waals surface area contributed by atoms with Crippen molar-refractivity contribution in [2.24, 2.45) is 7.05 Å². The standard InChI is InChI=1S/C23H21N3O4S/c1-13-4-3-5-14(8-13)11-31-23-25-22(28)20-16(10-19(27)24-21(20)26(23)2)15-6-7-17-18(9-15)30-12-29-17/h3-9,16H,10-12H2,1-2H3,(H,24,27)/t16-/m0/s1. The molecule has 158 valence electrons. The van der Waals surface area contributed by atoms with Crippen molar-refractivity contribution in [2.75, 3.05) is 12.1 Å². The molecule has 31 heavy (non-hydrogen) atoms. The Morgan fingerprint density at radius 2 is 2.00 bits per heavy atom. The van der Waals surface area contributed by atoms with Crippen molar-refractivity contribution in [1.29, 1.82) is 0 Å². The lowest BCUT2D eigenvalue weighted by Gasteiger charge is -2.27. The average molecular weight is 436 g/mol. The van der Waals surface area contributed by atoms with Gasteiger partial charge in [-0.05, 0) is 30.2 Å². The van der Waals surface area contributed by atoms with Gasteiger partial charge in [0, 0.05) is 25.1 Å². The van der Waals surface area contributed by atoms with Gasteiger partial charge in [0.2, 0.25) is 12.7 Å². The van der Waals surface area contributed by atoms with Gasteiger partial charge in [0.25, 0.3) is 5.56 Å². The Morgan fingerprint density at radius 3 is 2.84 bits per heavy atom. The van der Waals surface area contributed by atoms with Crippen LogP contribution in [-0.2, 0) is 17.6 Å². The van der Waals surface area contributed by atoms with Crippen molar-refractivity contribution in [3.05, 3.63) is 75.1 Å². The van der Waals surface area contributed by atoms with Crippen LogP contribution in [0.15, 0.2) is 52.4 Å². The van der Waals surface area contributed by atoms with Crippen LogP contribution >= 0.6 is 11.8 Å². The molecule has 1 amide bonds. The summed E-state index contributed by atoms with van der Waals surface area (Å²) in [5, 5.41) is 3.45. The Balaban J connectivity index is 1.51. The Morgan fingerprint density at radius 1 is 1.16 bits per heavy atom. The quantitative estimate of drug-likeness (QED) is 0.498. The van der Waals surface area contributed by atoms with E-state index >= 15 is 0 Å². The van der Waals surface area contributed by atoms with E-state index in [0.29, 0.717) is 33.8 Å². The lowest BCUT2D eigenvalue weighted by atomic mass is 9.86. The molecule has 2 aromatic carbocycles. The summed E-state index contributed by atoms with van der Waals surface area (Å²) in [6.45, 7) is 2.22. The van der Waals surface area contributed by atoms with E-state index in [1.165, 1.54) is 17.3 Å². The van der Waals surface area contributed by atoms with Gasteiger partial charge >= 0.3 is 0 Å². The molecule has 1 aromatic heterocycles. The van der Waals surface area contributed by atoms with Gasteiger partial charge in [-0.15, -0.1) is 0 Å². The maximum Gasteiger partial charge on any atom is 0.279 e. The van der Waals surface area contributed by atoms with Crippen molar-refractivity contribution in [2.45, 2.75) is 30.2 Å². The number of nitrogens with zero attached hydrogens (tertiary/aromatic N) is 2. The number of fused-ring (bicyclic) bond motifs is 2. The van der Waals surface area contributed by atoms with Crippen molar-refractivity contribution in [3.63, 3.8) is 0 Å². The molecule has 1 N–H and O–H groups in total. The van der Waals surface area contributed by atoms with E-state index in [9.17, 15) is 9.59 Å². The summed E-state index contributed by atoms with van der Waals surface area (Å²) in [4.78, 5) is 30.0.